The number of hydrogen-bond acceptors (Lipinski definition) is 4. The van der Waals surface area contributed by atoms with Crippen LogP contribution in [0, 0.1) is 13.7 Å². The second kappa shape index (κ2) is 7.74. The van der Waals surface area contributed by atoms with Gasteiger partial charge >= 0.3 is 0 Å². The number of para-hydroxylation sites is 2. The van der Waals surface area contributed by atoms with Gasteiger partial charge in [0.1, 0.15) is 5.69 Å². The quantitative estimate of drug-likeness (QED) is 0.331. The van der Waals surface area contributed by atoms with Crippen molar-refractivity contribution in [1.29, 1.82) is 0 Å². The highest BCUT2D eigenvalue weighted by atomic mass is 127. The van der Waals surface area contributed by atoms with Gasteiger partial charge in [-0.15, -0.1) is 0 Å². The van der Waals surface area contributed by atoms with E-state index < -0.39 is 4.92 Å². The molecule has 0 aliphatic heterocycles. The molecule has 0 unspecified atom stereocenters. The highest BCUT2D eigenvalue weighted by Gasteiger charge is 2.12. The molecule has 0 aliphatic rings. The fraction of sp³-hybridized carbons (Fsp3) is 0.133. The lowest BCUT2D eigenvalue weighted by molar-refractivity contribution is -0.384. The molecule has 2 rings (SSSR count). The molecule has 7 heteroatoms. The van der Waals surface area contributed by atoms with Crippen molar-refractivity contribution in [2.24, 2.45) is 0 Å². The number of benzene rings is 2. The number of nitrogens with one attached hydrogen (secondary N) is 2. The summed E-state index contributed by atoms with van der Waals surface area (Å²) >= 11 is 2.11. The highest BCUT2D eigenvalue weighted by Crippen LogP contribution is 2.22. The number of rotatable bonds is 6. The molecule has 0 atom stereocenters. The minimum atomic E-state index is -0.437. The van der Waals surface area contributed by atoms with Crippen molar-refractivity contribution in [3.05, 3.63) is 67.8 Å². The van der Waals surface area contributed by atoms with Crippen molar-refractivity contribution in [3.8, 4) is 0 Å². The van der Waals surface area contributed by atoms with Gasteiger partial charge in [-0.05, 0) is 40.8 Å². The molecule has 0 aromatic heterocycles. The van der Waals surface area contributed by atoms with E-state index >= 15 is 0 Å². The van der Waals surface area contributed by atoms with Crippen LogP contribution in [0.5, 0.6) is 0 Å². The Bertz CT molecular complexity index is 691. The van der Waals surface area contributed by atoms with Crippen molar-refractivity contribution >= 4 is 39.9 Å². The van der Waals surface area contributed by atoms with E-state index in [-0.39, 0.29) is 11.6 Å². The zero-order valence-electron chi connectivity index (χ0n) is 11.6. The molecule has 2 aromatic rings. The number of carbonyl (C=O) groups excluding carboxylic acids is 1. The van der Waals surface area contributed by atoms with Crippen molar-refractivity contribution < 1.29 is 9.72 Å². The predicted octanol–water partition coefficient (Wildman–Crippen LogP) is 3.04. The Morgan fingerprint density at radius 3 is 2.50 bits per heavy atom. The minimum Gasteiger partial charge on any atom is -0.378 e. The zero-order valence-corrected chi connectivity index (χ0v) is 13.7. The Labute approximate surface area is 141 Å². The van der Waals surface area contributed by atoms with Crippen LogP contribution in [0.15, 0.2) is 48.5 Å². The third kappa shape index (κ3) is 4.17. The average molecular weight is 411 g/mol. The van der Waals surface area contributed by atoms with Gasteiger partial charge in [0.25, 0.3) is 11.6 Å². The number of amides is 1. The fourth-order valence-electron chi connectivity index (χ4n) is 1.90. The highest BCUT2D eigenvalue weighted by molar-refractivity contribution is 14.1. The summed E-state index contributed by atoms with van der Waals surface area (Å²) in [5, 5.41) is 16.6. The first-order chi connectivity index (χ1) is 10.6. The average Bonchev–Trinajstić information content (AvgIpc) is 2.52. The molecule has 2 aromatic carbocycles. The van der Waals surface area contributed by atoms with Gasteiger partial charge in [0, 0.05) is 22.7 Å². The van der Waals surface area contributed by atoms with Gasteiger partial charge in [-0.3, -0.25) is 14.9 Å². The Balaban J connectivity index is 1.87. The lowest BCUT2D eigenvalue weighted by atomic mass is 10.2. The van der Waals surface area contributed by atoms with Crippen LogP contribution in [-0.4, -0.2) is 23.9 Å². The summed E-state index contributed by atoms with van der Waals surface area (Å²) < 4.78 is 0.879. The van der Waals surface area contributed by atoms with E-state index in [9.17, 15) is 14.9 Å². The van der Waals surface area contributed by atoms with Crippen molar-refractivity contribution in [2.75, 3.05) is 18.4 Å². The molecule has 0 heterocycles. The summed E-state index contributed by atoms with van der Waals surface area (Å²) in [7, 11) is 0. The number of nitro benzene ring substituents is 1. The molecule has 0 radical (unpaired) electrons. The molecule has 0 bridgehead atoms. The standard InChI is InChI=1S/C15H14IN3O3/c16-12-6-2-1-5-11(12)15(20)18-10-9-17-13-7-3-4-8-14(13)19(21)22/h1-8,17H,9-10H2,(H,18,20). The van der Waals surface area contributed by atoms with Gasteiger partial charge in [-0.1, -0.05) is 24.3 Å². The Kier molecular flexibility index (Phi) is 5.70. The number of anilines is 1. The molecule has 0 saturated carbocycles. The van der Waals surface area contributed by atoms with Crippen LogP contribution >= 0.6 is 22.6 Å². The smallest absolute Gasteiger partial charge is 0.292 e. The van der Waals surface area contributed by atoms with Gasteiger partial charge in [0.15, 0.2) is 0 Å². The normalized spacial score (nSPS) is 10.0. The van der Waals surface area contributed by atoms with Gasteiger partial charge in [0.05, 0.1) is 10.5 Å². The maximum atomic E-state index is 12.0. The second-order valence-electron chi connectivity index (χ2n) is 4.44. The van der Waals surface area contributed by atoms with Gasteiger partial charge in [-0.2, -0.15) is 0 Å². The van der Waals surface area contributed by atoms with Crippen LogP contribution in [0.1, 0.15) is 10.4 Å². The number of halogens is 1. The number of carbonyl (C=O) groups is 1. The van der Waals surface area contributed by atoms with Gasteiger partial charge in [-0.25, -0.2) is 0 Å². The molecule has 0 saturated heterocycles. The van der Waals surface area contributed by atoms with E-state index in [2.05, 4.69) is 33.2 Å². The van der Waals surface area contributed by atoms with Crippen LogP contribution in [-0.2, 0) is 0 Å². The molecule has 114 valence electrons. The largest absolute Gasteiger partial charge is 0.378 e. The summed E-state index contributed by atoms with van der Waals surface area (Å²) in [6.07, 6.45) is 0. The van der Waals surface area contributed by atoms with Gasteiger partial charge in [0.2, 0.25) is 0 Å². The molecule has 6 nitrogen and oxygen atoms in total. The second-order valence-corrected chi connectivity index (χ2v) is 5.60. The molecule has 1 amide bonds. The SMILES string of the molecule is O=C(NCCNc1ccccc1[N+](=O)[O-])c1ccccc1I. The fourth-order valence-corrected chi connectivity index (χ4v) is 2.53. The maximum Gasteiger partial charge on any atom is 0.292 e. The van der Waals surface area contributed by atoms with Crippen LogP contribution in [0.4, 0.5) is 11.4 Å². The monoisotopic (exact) mass is 411 g/mol. The van der Waals surface area contributed by atoms with Crippen LogP contribution in [0.3, 0.4) is 0 Å². The molecule has 22 heavy (non-hydrogen) atoms. The van der Waals surface area contributed by atoms with E-state index in [1.54, 1.807) is 24.3 Å². The van der Waals surface area contributed by atoms with Gasteiger partial charge < -0.3 is 10.6 Å². The van der Waals surface area contributed by atoms with E-state index in [1.807, 2.05) is 18.2 Å². The minimum absolute atomic E-state index is 0.0198. The molecule has 0 spiro atoms. The topological polar surface area (TPSA) is 84.3 Å². The summed E-state index contributed by atoms with van der Waals surface area (Å²) in [6.45, 7) is 0.774. The number of nitro groups is 1. The molecular weight excluding hydrogens is 397 g/mol. The van der Waals surface area contributed by atoms with Crippen LogP contribution in [0.2, 0.25) is 0 Å². The van der Waals surface area contributed by atoms with E-state index in [4.69, 9.17) is 0 Å². The summed E-state index contributed by atoms with van der Waals surface area (Å²) in [6, 6.07) is 13.7. The van der Waals surface area contributed by atoms with Crippen molar-refractivity contribution in [3.63, 3.8) is 0 Å². The van der Waals surface area contributed by atoms with Crippen LogP contribution < -0.4 is 10.6 Å². The summed E-state index contributed by atoms with van der Waals surface area (Å²) in [4.78, 5) is 22.4. The Morgan fingerprint density at radius 2 is 1.77 bits per heavy atom. The predicted molar refractivity (Wildman–Crippen MR) is 93.1 cm³/mol. The summed E-state index contributed by atoms with van der Waals surface area (Å²) in [5.41, 5.74) is 1.08. The van der Waals surface area contributed by atoms with E-state index in [0.717, 1.165) is 3.57 Å². The van der Waals surface area contributed by atoms with E-state index in [0.29, 0.717) is 24.3 Å². The first kappa shape index (κ1) is 16.2. The molecule has 0 aliphatic carbocycles. The third-order valence-electron chi connectivity index (χ3n) is 2.95. The number of nitrogens with zero attached hydrogens (tertiary/aromatic N) is 1. The lowest BCUT2D eigenvalue weighted by Gasteiger charge is -2.09. The van der Waals surface area contributed by atoms with Crippen molar-refractivity contribution in [2.45, 2.75) is 0 Å². The molecule has 2 N–H and O–H groups in total. The van der Waals surface area contributed by atoms with E-state index in [1.165, 1.54) is 6.07 Å². The van der Waals surface area contributed by atoms with Crippen LogP contribution in [0.25, 0.3) is 0 Å². The maximum absolute atomic E-state index is 12.0. The summed E-state index contributed by atoms with van der Waals surface area (Å²) in [5.74, 6) is -0.158. The first-order valence-electron chi connectivity index (χ1n) is 6.59. The zero-order chi connectivity index (χ0) is 15.9. The number of hydrogen-bond donors (Lipinski definition) is 2. The third-order valence-corrected chi connectivity index (χ3v) is 3.89. The first-order valence-corrected chi connectivity index (χ1v) is 7.67. The molecular formula is C15H14IN3O3. The Morgan fingerprint density at radius 1 is 1.09 bits per heavy atom. The molecule has 0 fully saturated rings. The Hall–Kier alpha value is -2.16. The lowest BCUT2D eigenvalue weighted by Crippen LogP contribution is -2.29. The van der Waals surface area contributed by atoms with Crippen molar-refractivity contribution in [1.82, 2.24) is 5.32 Å².